The Kier molecular flexibility index (Phi) is 6.08. The van der Waals surface area contributed by atoms with Gasteiger partial charge in [0.2, 0.25) is 0 Å². The summed E-state index contributed by atoms with van der Waals surface area (Å²) in [6, 6.07) is -0.542. The van der Waals surface area contributed by atoms with Crippen LogP contribution in [-0.2, 0) is 4.43 Å². The summed E-state index contributed by atoms with van der Waals surface area (Å²) in [5.74, 6) is 0. The van der Waals surface area contributed by atoms with E-state index in [2.05, 4.69) is 43.9 Å². The maximum Gasteiger partial charge on any atom is 0.191 e. The molecule has 19 heavy (non-hydrogen) atoms. The Morgan fingerprint density at radius 2 is 1.68 bits per heavy atom. The molecule has 0 spiro atoms. The Labute approximate surface area is 118 Å². The SMILES string of the molecule is CC(C)(C)[C@H](O)[C@@H](CO[Si](C)(C)C(C)(C)C)N=[N+]=[N-]. The van der Waals surface area contributed by atoms with Gasteiger partial charge in [-0.25, -0.2) is 0 Å². The molecule has 0 saturated carbocycles. The van der Waals surface area contributed by atoms with E-state index in [1.165, 1.54) is 0 Å². The van der Waals surface area contributed by atoms with Crippen molar-refractivity contribution in [2.45, 2.75) is 71.8 Å². The Bertz CT molecular complexity index is 339. The lowest BCUT2D eigenvalue weighted by Gasteiger charge is -2.38. The van der Waals surface area contributed by atoms with Crippen molar-refractivity contribution in [1.82, 2.24) is 0 Å². The lowest BCUT2D eigenvalue weighted by atomic mass is 9.85. The number of hydrogen-bond donors (Lipinski definition) is 1. The van der Waals surface area contributed by atoms with Crippen LogP contribution in [0.25, 0.3) is 10.4 Å². The molecule has 0 radical (unpaired) electrons. The third-order valence-electron chi connectivity index (χ3n) is 3.87. The molecular weight excluding hydrogens is 258 g/mol. The van der Waals surface area contributed by atoms with Crippen molar-refractivity contribution in [2.24, 2.45) is 10.5 Å². The predicted molar refractivity (Wildman–Crippen MR) is 81.5 cm³/mol. The Balaban J connectivity index is 4.86. The molecule has 0 rings (SSSR count). The molecule has 1 N–H and O–H groups in total. The van der Waals surface area contributed by atoms with Gasteiger partial charge in [0.15, 0.2) is 8.32 Å². The maximum absolute atomic E-state index is 10.2. The molecule has 0 aromatic carbocycles. The molecule has 0 bridgehead atoms. The number of hydrogen-bond acceptors (Lipinski definition) is 3. The zero-order valence-electron chi connectivity index (χ0n) is 13.6. The molecule has 0 aromatic heterocycles. The van der Waals surface area contributed by atoms with Crippen molar-refractivity contribution in [2.75, 3.05) is 6.61 Å². The van der Waals surface area contributed by atoms with Crippen molar-refractivity contribution in [3.8, 4) is 0 Å². The normalized spacial score (nSPS) is 16.7. The van der Waals surface area contributed by atoms with Gasteiger partial charge in [-0.05, 0) is 29.1 Å². The van der Waals surface area contributed by atoms with Crippen LogP contribution in [-0.4, -0.2) is 32.2 Å². The molecule has 0 unspecified atom stereocenters. The van der Waals surface area contributed by atoms with Gasteiger partial charge in [0, 0.05) is 11.5 Å². The molecule has 0 fully saturated rings. The van der Waals surface area contributed by atoms with E-state index < -0.39 is 20.5 Å². The topological polar surface area (TPSA) is 78.2 Å². The minimum Gasteiger partial charge on any atom is -0.416 e. The fraction of sp³-hybridized carbons (Fsp3) is 1.00. The molecule has 112 valence electrons. The van der Waals surface area contributed by atoms with Crippen molar-refractivity contribution >= 4 is 8.32 Å². The Morgan fingerprint density at radius 3 is 2.00 bits per heavy atom. The van der Waals surface area contributed by atoms with Gasteiger partial charge in [-0.3, -0.25) is 0 Å². The van der Waals surface area contributed by atoms with Crippen LogP contribution in [0, 0.1) is 5.41 Å². The summed E-state index contributed by atoms with van der Waals surface area (Å²) >= 11 is 0. The fourth-order valence-corrected chi connectivity index (χ4v) is 2.36. The first-order chi connectivity index (χ1) is 8.33. The summed E-state index contributed by atoms with van der Waals surface area (Å²) in [6.07, 6.45) is -0.715. The van der Waals surface area contributed by atoms with Crippen LogP contribution in [0.1, 0.15) is 41.5 Å². The second-order valence-electron chi connectivity index (χ2n) is 7.65. The average molecular weight is 287 g/mol. The van der Waals surface area contributed by atoms with E-state index in [1.54, 1.807) is 0 Å². The van der Waals surface area contributed by atoms with Crippen molar-refractivity contribution in [3.05, 3.63) is 10.4 Å². The summed E-state index contributed by atoms with van der Waals surface area (Å²) in [5, 5.41) is 14.0. The van der Waals surface area contributed by atoms with Crippen LogP contribution in [0.3, 0.4) is 0 Å². The van der Waals surface area contributed by atoms with Crippen molar-refractivity contribution in [3.63, 3.8) is 0 Å². The third kappa shape index (κ3) is 5.53. The molecular formula is C13H29N3O2Si. The van der Waals surface area contributed by atoms with Gasteiger partial charge in [0.25, 0.3) is 0 Å². The number of rotatable bonds is 5. The lowest BCUT2D eigenvalue weighted by molar-refractivity contribution is 0.0248. The molecule has 0 aliphatic carbocycles. The molecule has 0 amide bonds. The zero-order chi connectivity index (χ0) is 15.5. The minimum atomic E-state index is -1.90. The van der Waals surface area contributed by atoms with Crippen LogP contribution in [0.15, 0.2) is 5.11 Å². The van der Waals surface area contributed by atoms with Crippen LogP contribution >= 0.6 is 0 Å². The maximum atomic E-state index is 10.2. The van der Waals surface area contributed by atoms with Gasteiger partial charge in [-0.2, -0.15) is 0 Å². The number of aliphatic hydroxyl groups excluding tert-OH is 1. The van der Waals surface area contributed by atoms with E-state index in [4.69, 9.17) is 9.96 Å². The quantitative estimate of drug-likeness (QED) is 0.357. The van der Waals surface area contributed by atoms with Gasteiger partial charge in [-0.1, -0.05) is 46.7 Å². The number of nitrogens with zero attached hydrogens (tertiary/aromatic N) is 3. The highest BCUT2D eigenvalue weighted by molar-refractivity contribution is 6.74. The molecule has 0 saturated heterocycles. The van der Waals surface area contributed by atoms with Crippen LogP contribution in [0.2, 0.25) is 18.1 Å². The van der Waals surface area contributed by atoms with Gasteiger partial charge in [-0.15, -0.1) is 0 Å². The molecule has 0 aliphatic rings. The van der Waals surface area contributed by atoms with E-state index in [0.29, 0.717) is 0 Å². The lowest BCUT2D eigenvalue weighted by Crippen LogP contribution is -2.46. The molecule has 0 aromatic rings. The summed E-state index contributed by atoms with van der Waals surface area (Å²) < 4.78 is 6.04. The van der Waals surface area contributed by atoms with E-state index >= 15 is 0 Å². The van der Waals surface area contributed by atoms with Crippen LogP contribution in [0.4, 0.5) is 0 Å². The first kappa shape index (κ1) is 18.4. The Morgan fingerprint density at radius 1 is 1.21 bits per heavy atom. The molecule has 6 heteroatoms. The van der Waals surface area contributed by atoms with Gasteiger partial charge in [0.1, 0.15) is 0 Å². The van der Waals surface area contributed by atoms with E-state index in [0.717, 1.165) is 0 Å². The third-order valence-corrected chi connectivity index (χ3v) is 8.37. The highest BCUT2D eigenvalue weighted by Crippen LogP contribution is 2.37. The average Bonchev–Trinajstić information content (AvgIpc) is 2.20. The van der Waals surface area contributed by atoms with Crippen LogP contribution < -0.4 is 0 Å². The summed E-state index contributed by atoms with van der Waals surface area (Å²) in [7, 11) is -1.90. The van der Waals surface area contributed by atoms with E-state index in [1.807, 2.05) is 20.8 Å². The molecule has 0 heterocycles. The Hall–Kier alpha value is -0.553. The predicted octanol–water partition coefficient (Wildman–Crippen LogP) is 4.09. The molecule has 2 atom stereocenters. The summed E-state index contributed by atoms with van der Waals surface area (Å²) in [4.78, 5) is 2.83. The van der Waals surface area contributed by atoms with E-state index in [-0.39, 0.29) is 17.1 Å². The minimum absolute atomic E-state index is 0.0978. The van der Waals surface area contributed by atoms with Crippen molar-refractivity contribution in [1.29, 1.82) is 0 Å². The largest absolute Gasteiger partial charge is 0.416 e. The van der Waals surface area contributed by atoms with Gasteiger partial charge in [0.05, 0.1) is 12.1 Å². The highest BCUT2D eigenvalue weighted by atomic mass is 28.4. The first-order valence-corrected chi connectivity index (χ1v) is 9.60. The van der Waals surface area contributed by atoms with Crippen LogP contribution in [0.5, 0.6) is 0 Å². The fourth-order valence-electron chi connectivity index (χ4n) is 1.34. The van der Waals surface area contributed by atoms with Gasteiger partial charge >= 0.3 is 0 Å². The monoisotopic (exact) mass is 287 g/mol. The number of aliphatic hydroxyl groups is 1. The van der Waals surface area contributed by atoms with Crippen molar-refractivity contribution < 1.29 is 9.53 Å². The second-order valence-corrected chi connectivity index (χ2v) is 12.5. The van der Waals surface area contributed by atoms with E-state index in [9.17, 15) is 5.11 Å². The summed E-state index contributed by atoms with van der Waals surface area (Å²) in [6.45, 7) is 16.8. The molecule has 5 nitrogen and oxygen atoms in total. The summed E-state index contributed by atoms with van der Waals surface area (Å²) in [5.41, 5.74) is 8.31. The smallest absolute Gasteiger partial charge is 0.191 e. The second kappa shape index (κ2) is 6.26. The number of azide groups is 1. The first-order valence-electron chi connectivity index (χ1n) is 6.69. The zero-order valence-corrected chi connectivity index (χ0v) is 14.6. The highest BCUT2D eigenvalue weighted by Gasteiger charge is 2.39. The van der Waals surface area contributed by atoms with Gasteiger partial charge < -0.3 is 9.53 Å². The molecule has 0 aliphatic heterocycles. The standard InChI is InChI=1S/C13H29N3O2Si/c1-12(2,3)11(17)10(15-16-14)9-18-19(7,8)13(4,5)6/h10-11,17H,9H2,1-8H3/t10-,11-/m1/s1.